The lowest BCUT2D eigenvalue weighted by molar-refractivity contribution is -0.201. The summed E-state index contributed by atoms with van der Waals surface area (Å²) in [4.78, 5) is 38.2. The van der Waals surface area contributed by atoms with Crippen LogP contribution in [0.5, 0.6) is 0 Å². The van der Waals surface area contributed by atoms with Gasteiger partial charge in [0, 0.05) is 23.2 Å². The lowest BCUT2D eigenvalue weighted by atomic mass is 9.46. The van der Waals surface area contributed by atoms with E-state index in [1.807, 2.05) is 13.0 Å². The Morgan fingerprint density at radius 1 is 1.31 bits per heavy atom. The summed E-state index contributed by atoms with van der Waals surface area (Å²) in [6.07, 6.45) is 6.59. The molecule has 0 aromatic carbocycles. The van der Waals surface area contributed by atoms with Gasteiger partial charge in [0.05, 0.1) is 18.1 Å². The highest BCUT2D eigenvalue weighted by atomic mass is 16.7. The first-order valence-corrected chi connectivity index (χ1v) is 13.3. The Morgan fingerprint density at radius 3 is 2.75 bits per heavy atom. The molecule has 8 nitrogen and oxygen atoms in total. The molecule has 4 aliphatic carbocycles. The van der Waals surface area contributed by atoms with Crippen molar-refractivity contribution in [1.29, 1.82) is 0 Å². The zero-order valence-electron chi connectivity index (χ0n) is 21.7. The van der Waals surface area contributed by atoms with Gasteiger partial charge in [-0.05, 0) is 56.2 Å². The van der Waals surface area contributed by atoms with Gasteiger partial charge in [0.25, 0.3) is 0 Å². The Balaban J connectivity index is 1.50. The topological polar surface area (TPSA) is 125 Å². The molecule has 9 atom stereocenters. The Bertz CT molecular complexity index is 1020. The highest BCUT2D eigenvalue weighted by Crippen LogP contribution is 2.69. The highest BCUT2D eigenvalue weighted by molar-refractivity contribution is 6.01. The number of ether oxygens (including phenoxy) is 3. The van der Waals surface area contributed by atoms with Crippen molar-refractivity contribution in [2.45, 2.75) is 83.9 Å². The zero-order valence-corrected chi connectivity index (χ0v) is 21.7. The molecule has 1 heterocycles. The van der Waals surface area contributed by atoms with Crippen molar-refractivity contribution in [2.75, 3.05) is 13.2 Å². The Kier molecular flexibility index (Phi) is 6.34. The number of nitrogens with two attached hydrogens (primary N) is 1. The first kappa shape index (κ1) is 25.8. The number of ketones is 2. The van der Waals surface area contributed by atoms with Gasteiger partial charge in [0.2, 0.25) is 5.78 Å². The minimum atomic E-state index is -1.31. The molecule has 8 heteroatoms. The average molecular weight is 502 g/mol. The SMILES string of the molecule is CC(C)C(=O)OCC(=O)[C@@]12OC(CCN)O[C@@H]1C[C@H]1[C@@H]3CCC4=CC(=O)C=C[C@]4(C)C3[C@@H](O)C[C@@]12C. The molecule has 0 bridgehead atoms. The first-order valence-electron chi connectivity index (χ1n) is 13.3. The van der Waals surface area contributed by atoms with E-state index < -0.39 is 40.9 Å². The summed E-state index contributed by atoms with van der Waals surface area (Å²) >= 11 is 0. The number of Topliss-reactive ketones (excluding diaryl/α,β-unsaturated/α-hetero) is 1. The molecule has 0 aromatic rings. The van der Waals surface area contributed by atoms with E-state index in [-0.39, 0.29) is 41.8 Å². The fourth-order valence-corrected chi connectivity index (χ4v) is 8.32. The molecule has 3 saturated carbocycles. The second-order valence-electron chi connectivity index (χ2n) is 12.1. The van der Waals surface area contributed by atoms with Crippen LogP contribution in [-0.2, 0) is 28.6 Å². The number of carbonyl (C=O) groups is 3. The van der Waals surface area contributed by atoms with Crippen LogP contribution < -0.4 is 5.73 Å². The summed E-state index contributed by atoms with van der Waals surface area (Å²) in [7, 11) is 0. The van der Waals surface area contributed by atoms with Crippen molar-refractivity contribution in [1.82, 2.24) is 0 Å². The van der Waals surface area contributed by atoms with Gasteiger partial charge < -0.3 is 25.1 Å². The van der Waals surface area contributed by atoms with Crippen molar-refractivity contribution in [3.8, 4) is 0 Å². The van der Waals surface area contributed by atoms with Crippen LogP contribution in [-0.4, -0.2) is 59.9 Å². The van der Waals surface area contributed by atoms with Crippen molar-refractivity contribution >= 4 is 17.5 Å². The van der Waals surface area contributed by atoms with Gasteiger partial charge in [0.15, 0.2) is 24.3 Å². The minimum Gasteiger partial charge on any atom is -0.457 e. The molecule has 5 aliphatic rings. The summed E-state index contributed by atoms with van der Waals surface area (Å²) < 4.78 is 18.2. The van der Waals surface area contributed by atoms with E-state index in [0.717, 1.165) is 18.4 Å². The second kappa shape index (κ2) is 8.86. The Morgan fingerprint density at radius 2 is 2.06 bits per heavy atom. The molecular weight excluding hydrogens is 462 g/mol. The van der Waals surface area contributed by atoms with E-state index in [2.05, 4.69) is 6.92 Å². The van der Waals surface area contributed by atoms with Crippen molar-refractivity contribution in [2.24, 2.45) is 40.2 Å². The maximum Gasteiger partial charge on any atom is 0.308 e. The molecular formula is C28H39NO7. The van der Waals surface area contributed by atoms with Gasteiger partial charge in [0.1, 0.15) is 0 Å². The number of allylic oxidation sites excluding steroid dienone is 4. The van der Waals surface area contributed by atoms with Gasteiger partial charge in [-0.1, -0.05) is 39.3 Å². The average Bonchev–Trinajstić information content (AvgIpc) is 3.29. The van der Waals surface area contributed by atoms with Gasteiger partial charge in [-0.2, -0.15) is 0 Å². The number of hydrogen-bond acceptors (Lipinski definition) is 8. The van der Waals surface area contributed by atoms with E-state index in [9.17, 15) is 19.5 Å². The van der Waals surface area contributed by atoms with Crippen molar-refractivity contribution in [3.63, 3.8) is 0 Å². The standard InChI is InChI=1S/C28H39NO7/c1-15(2)25(33)34-14-21(32)28-22(35-23(36-28)8-10-29)12-19-18-6-5-16-11-17(30)7-9-26(16,3)24(18)20(31)13-27(19,28)4/h7,9,11,15,18-20,22-24,31H,5-6,8,10,12-14,29H2,1-4H3/t18-,19-,20-,22+,23?,24?,26-,27-,28+/m0/s1. The number of carbonyl (C=O) groups excluding carboxylic acids is 3. The van der Waals surface area contributed by atoms with Gasteiger partial charge in [-0.25, -0.2) is 0 Å². The van der Waals surface area contributed by atoms with E-state index >= 15 is 0 Å². The van der Waals surface area contributed by atoms with Gasteiger partial charge in [-0.3, -0.25) is 14.4 Å². The molecule has 0 amide bonds. The van der Waals surface area contributed by atoms with Gasteiger partial charge in [-0.15, -0.1) is 0 Å². The second-order valence-corrected chi connectivity index (χ2v) is 12.1. The first-order chi connectivity index (χ1) is 17.0. The molecule has 198 valence electrons. The third-order valence-corrected chi connectivity index (χ3v) is 9.92. The molecule has 4 fully saturated rings. The quantitative estimate of drug-likeness (QED) is 0.532. The van der Waals surface area contributed by atoms with Gasteiger partial charge >= 0.3 is 5.97 Å². The van der Waals surface area contributed by atoms with Crippen LogP contribution in [0.15, 0.2) is 23.8 Å². The molecule has 0 spiro atoms. The van der Waals surface area contributed by atoms with Crippen molar-refractivity contribution in [3.05, 3.63) is 23.8 Å². The molecule has 0 aromatic heterocycles. The number of aliphatic hydroxyl groups excluding tert-OH is 1. The predicted molar refractivity (Wildman–Crippen MR) is 130 cm³/mol. The van der Waals surface area contributed by atoms with Crippen LogP contribution in [0.4, 0.5) is 0 Å². The maximum atomic E-state index is 13.9. The molecule has 2 unspecified atom stereocenters. The molecule has 0 radical (unpaired) electrons. The Hall–Kier alpha value is -1.87. The smallest absolute Gasteiger partial charge is 0.308 e. The molecule has 1 aliphatic heterocycles. The number of fused-ring (bicyclic) bond motifs is 7. The fourth-order valence-electron chi connectivity index (χ4n) is 8.32. The monoisotopic (exact) mass is 501 g/mol. The lowest BCUT2D eigenvalue weighted by Gasteiger charge is -2.59. The lowest BCUT2D eigenvalue weighted by Crippen LogP contribution is -2.63. The fraction of sp³-hybridized carbons (Fsp3) is 0.750. The largest absolute Gasteiger partial charge is 0.457 e. The van der Waals surface area contributed by atoms with Crippen LogP contribution in [0, 0.1) is 34.5 Å². The predicted octanol–water partition coefficient (Wildman–Crippen LogP) is 2.47. The molecule has 3 N–H and O–H groups in total. The van der Waals surface area contributed by atoms with Crippen molar-refractivity contribution < 1.29 is 33.7 Å². The number of esters is 1. The zero-order chi connectivity index (χ0) is 26.0. The van der Waals surface area contributed by atoms with E-state index in [4.69, 9.17) is 19.9 Å². The maximum absolute atomic E-state index is 13.9. The summed E-state index contributed by atoms with van der Waals surface area (Å²) in [5.41, 5.74) is 4.45. The summed E-state index contributed by atoms with van der Waals surface area (Å²) in [5, 5.41) is 11.7. The number of rotatable bonds is 6. The molecule has 5 rings (SSSR count). The third kappa shape index (κ3) is 3.51. The van der Waals surface area contributed by atoms with E-state index in [1.54, 1.807) is 26.0 Å². The van der Waals surface area contributed by atoms with Crippen LogP contribution in [0.2, 0.25) is 0 Å². The highest BCUT2D eigenvalue weighted by Gasteiger charge is 2.75. The minimum absolute atomic E-state index is 0.000277. The summed E-state index contributed by atoms with van der Waals surface area (Å²) in [6, 6.07) is 0. The third-order valence-electron chi connectivity index (χ3n) is 9.92. The van der Waals surface area contributed by atoms with Crippen LogP contribution >= 0.6 is 0 Å². The number of hydrogen-bond donors (Lipinski definition) is 2. The molecule has 36 heavy (non-hydrogen) atoms. The molecule has 1 saturated heterocycles. The van der Waals surface area contributed by atoms with Crippen LogP contribution in [0.1, 0.15) is 59.8 Å². The van der Waals surface area contributed by atoms with E-state index in [0.29, 0.717) is 25.8 Å². The van der Waals surface area contributed by atoms with Crippen LogP contribution in [0.3, 0.4) is 0 Å². The number of aliphatic hydroxyl groups is 1. The van der Waals surface area contributed by atoms with Crippen LogP contribution in [0.25, 0.3) is 0 Å². The summed E-state index contributed by atoms with van der Waals surface area (Å²) in [5.74, 6) is -0.945. The summed E-state index contributed by atoms with van der Waals surface area (Å²) in [6.45, 7) is 7.59. The normalized spacial score (nSPS) is 45.0. The van der Waals surface area contributed by atoms with E-state index in [1.165, 1.54) is 0 Å². The Labute approximate surface area is 212 Å².